The van der Waals surface area contributed by atoms with E-state index < -0.39 is 10.0 Å². The molecule has 0 heterocycles. The van der Waals surface area contributed by atoms with E-state index in [-0.39, 0.29) is 0 Å². The molecule has 6 nitrogen and oxygen atoms in total. The van der Waals surface area contributed by atoms with E-state index in [2.05, 4.69) is 34.0 Å². The van der Waals surface area contributed by atoms with Crippen LogP contribution >= 0.6 is 11.6 Å². The van der Waals surface area contributed by atoms with Gasteiger partial charge in [-0.15, -0.1) is 0 Å². The number of hydrogen-bond donors (Lipinski definition) is 2. The molecule has 0 saturated carbocycles. The molecule has 0 aliphatic heterocycles. The van der Waals surface area contributed by atoms with Gasteiger partial charge in [-0.05, 0) is 55.2 Å². The first-order valence-electron chi connectivity index (χ1n) is 12.6. The zero-order valence-corrected chi connectivity index (χ0v) is 23.2. The Hall–Kier alpha value is -2.84. The van der Waals surface area contributed by atoms with Gasteiger partial charge in [0.05, 0.1) is 4.90 Å². The Morgan fingerprint density at radius 2 is 1.59 bits per heavy atom. The number of fused-ring (bicyclic) bond motifs is 2. The maximum atomic E-state index is 13.2. The monoisotopic (exact) mass is 538 g/mol. The predicted molar refractivity (Wildman–Crippen MR) is 158 cm³/mol. The van der Waals surface area contributed by atoms with Crippen molar-refractivity contribution in [2.75, 3.05) is 57.0 Å². The lowest BCUT2D eigenvalue weighted by Crippen LogP contribution is -2.36. The summed E-state index contributed by atoms with van der Waals surface area (Å²) in [4.78, 5) is 4.58. The van der Waals surface area contributed by atoms with E-state index in [0.717, 1.165) is 64.0 Å². The molecule has 0 unspecified atom stereocenters. The number of anilines is 2. The molecule has 0 radical (unpaired) electrons. The minimum atomic E-state index is -3.64. The predicted octanol–water partition coefficient (Wildman–Crippen LogP) is 5.81. The summed E-state index contributed by atoms with van der Waals surface area (Å²) in [5.41, 5.74) is 2.09. The van der Waals surface area contributed by atoms with Crippen LogP contribution in [0.1, 0.15) is 13.3 Å². The number of nitrogens with one attached hydrogen (secondary N) is 2. The van der Waals surface area contributed by atoms with Crippen molar-refractivity contribution in [1.29, 1.82) is 0 Å². The summed E-state index contributed by atoms with van der Waals surface area (Å²) in [5, 5.41) is 8.19. The second-order valence-electron chi connectivity index (χ2n) is 9.31. The number of sulfonamides is 1. The van der Waals surface area contributed by atoms with Crippen LogP contribution in [-0.2, 0) is 10.0 Å². The molecule has 37 heavy (non-hydrogen) atoms. The van der Waals surface area contributed by atoms with Crippen LogP contribution in [0.25, 0.3) is 21.5 Å². The van der Waals surface area contributed by atoms with E-state index in [1.807, 2.05) is 67.5 Å². The highest BCUT2D eigenvalue weighted by Gasteiger charge is 2.18. The Balaban J connectivity index is 1.31. The average Bonchev–Trinajstić information content (AvgIpc) is 2.88. The van der Waals surface area contributed by atoms with Gasteiger partial charge in [0.2, 0.25) is 10.0 Å². The highest BCUT2D eigenvalue weighted by atomic mass is 35.5. The third kappa shape index (κ3) is 6.54. The van der Waals surface area contributed by atoms with E-state index >= 15 is 0 Å². The minimum absolute atomic E-state index is 0.317. The normalized spacial score (nSPS) is 11.9. The lowest BCUT2D eigenvalue weighted by atomic mass is 10.1. The van der Waals surface area contributed by atoms with Crippen molar-refractivity contribution < 1.29 is 8.42 Å². The van der Waals surface area contributed by atoms with Crippen LogP contribution in [0.4, 0.5) is 11.4 Å². The third-order valence-corrected chi connectivity index (χ3v) is 8.36. The molecular formula is C29H35ClN4O2S. The molecule has 0 amide bonds. The Morgan fingerprint density at radius 3 is 2.38 bits per heavy atom. The maximum absolute atomic E-state index is 13.2. The van der Waals surface area contributed by atoms with Crippen LogP contribution in [0.15, 0.2) is 77.7 Å². The van der Waals surface area contributed by atoms with Crippen LogP contribution in [0.3, 0.4) is 0 Å². The molecule has 0 aliphatic carbocycles. The van der Waals surface area contributed by atoms with Crippen molar-refractivity contribution >= 4 is 54.5 Å². The number of nitrogens with zero attached hydrogens (tertiary/aromatic N) is 2. The highest BCUT2D eigenvalue weighted by molar-refractivity contribution is 7.89. The van der Waals surface area contributed by atoms with Gasteiger partial charge in [0.1, 0.15) is 0 Å². The molecule has 0 spiro atoms. The Kier molecular flexibility index (Phi) is 8.92. The Labute approximate surface area is 225 Å². The molecule has 0 bridgehead atoms. The lowest BCUT2D eigenvalue weighted by Gasteiger charge is -2.21. The zero-order chi connectivity index (χ0) is 26.4. The largest absolute Gasteiger partial charge is 0.384 e. The summed E-state index contributed by atoms with van der Waals surface area (Å²) in [6.45, 7) is 5.67. The van der Waals surface area contributed by atoms with Gasteiger partial charge in [0.25, 0.3) is 0 Å². The summed E-state index contributed by atoms with van der Waals surface area (Å²) >= 11 is 6.13. The quantitative estimate of drug-likeness (QED) is 0.223. The van der Waals surface area contributed by atoms with E-state index in [1.165, 1.54) is 0 Å². The fourth-order valence-corrected chi connectivity index (χ4v) is 6.09. The van der Waals surface area contributed by atoms with Gasteiger partial charge in [-0.1, -0.05) is 61.0 Å². The summed E-state index contributed by atoms with van der Waals surface area (Å²) < 4.78 is 29.2. The first kappa shape index (κ1) is 27.2. The van der Waals surface area contributed by atoms with Crippen LogP contribution in [0.5, 0.6) is 0 Å². The number of rotatable bonds is 12. The first-order chi connectivity index (χ1) is 17.8. The molecule has 4 rings (SSSR count). The molecule has 4 aromatic carbocycles. The minimum Gasteiger partial charge on any atom is -0.384 e. The molecule has 2 N–H and O–H groups in total. The van der Waals surface area contributed by atoms with Crippen molar-refractivity contribution in [2.24, 2.45) is 0 Å². The second kappa shape index (κ2) is 12.1. The molecule has 0 atom stereocenters. The van der Waals surface area contributed by atoms with E-state index in [4.69, 9.17) is 11.6 Å². The van der Waals surface area contributed by atoms with Gasteiger partial charge in [0.15, 0.2) is 0 Å². The van der Waals surface area contributed by atoms with E-state index in [1.54, 1.807) is 12.1 Å². The summed E-state index contributed by atoms with van der Waals surface area (Å²) in [5.74, 6) is 0. The summed E-state index contributed by atoms with van der Waals surface area (Å²) in [6, 6.07) is 23.3. The smallest absolute Gasteiger partial charge is 0.241 e. The van der Waals surface area contributed by atoms with Crippen molar-refractivity contribution in [3.63, 3.8) is 0 Å². The standard InChI is InChI=1S/C29H35ClN4O2S/c1-4-34(19-8-17-31-27-12-5-9-22-21-23(30)15-16-24(22)27)20-18-32-37(35,36)29-14-7-10-25-26(29)11-6-13-28(25)33(2)3/h5-7,9-16,21,31-32H,4,8,17-20H2,1-3H3. The lowest BCUT2D eigenvalue weighted by molar-refractivity contribution is 0.292. The molecule has 0 fully saturated rings. The van der Waals surface area contributed by atoms with Gasteiger partial charge in [0, 0.05) is 66.3 Å². The van der Waals surface area contributed by atoms with Gasteiger partial charge in [-0.25, -0.2) is 13.1 Å². The van der Waals surface area contributed by atoms with Gasteiger partial charge in [-0.3, -0.25) is 0 Å². The number of halogens is 1. The van der Waals surface area contributed by atoms with Crippen LogP contribution < -0.4 is 14.9 Å². The van der Waals surface area contributed by atoms with E-state index in [0.29, 0.717) is 18.0 Å². The van der Waals surface area contributed by atoms with Crippen molar-refractivity contribution in [1.82, 2.24) is 9.62 Å². The molecule has 196 valence electrons. The fraction of sp³-hybridized carbons (Fsp3) is 0.310. The van der Waals surface area contributed by atoms with Crippen LogP contribution in [0.2, 0.25) is 5.02 Å². The summed E-state index contributed by atoms with van der Waals surface area (Å²) in [7, 11) is 0.284. The Morgan fingerprint density at radius 1 is 0.838 bits per heavy atom. The highest BCUT2D eigenvalue weighted by Crippen LogP contribution is 2.30. The van der Waals surface area contributed by atoms with Gasteiger partial charge in [-0.2, -0.15) is 0 Å². The van der Waals surface area contributed by atoms with E-state index in [9.17, 15) is 8.42 Å². The maximum Gasteiger partial charge on any atom is 0.241 e. The van der Waals surface area contributed by atoms with Crippen molar-refractivity contribution in [3.05, 3.63) is 77.8 Å². The molecule has 0 saturated heterocycles. The number of hydrogen-bond acceptors (Lipinski definition) is 5. The van der Waals surface area contributed by atoms with Crippen molar-refractivity contribution in [2.45, 2.75) is 18.2 Å². The topological polar surface area (TPSA) is 64.7 Å². The van der Waals surface area contributed by atoms with Crippen molar-refractivity contribution in [3.8, 4) is 0 Å². The third-order valence-electron chi connectivity index (χ3n) is 6.61. The Bertz CT molecular complexity index is 1470. The van der Waals surface area contributed by atoms with Gasteiger partial charge < -0.3 is 15.1 Å². The molecular weight excluding hydrogens is 504 g/mol. The fourth-order valence-electron chi connectivity index (χ4n) is 4.67. The van der Waals surface area contributed by atoms with Crippen LogP contribution in [-0.4, -0.2) is 60.1 Å². The first-order valence-corrected chi connectivity index (χ1v) is 14.5. The second-order valence-corrected chi connectivity index (χ2v) is 11.5. The number of likely N-dealkylation sites (N-methyl/N-ethyl adjacent to an activating group) is 1. The number of benzene rings is 4. The SMILES string of the molecule is CCN(CCCNc1cccc2cc(Cl)ccc12)CCNS(=O)(=O)c1cccc2c(N(C)C)cccc12. The van der Waals surface area contributed by atoms with Crippen LogP contribution in [0, 0.1) is 0 Å². The molecule has 4 aromatic rings. The molecule has 0 aliphatic rings. The molecule has 8 heteroatoms. The van der Waals surface area contributed by atoms with Gasteiger partial charge >= 0.3 is 0 Å². The average molecular weight is 539 g/mol. The molecule has 0 aromatic heterocycles. The zero-order valence-electron chi connectivity index (χ0n) is 21.7. The summed E-state index contributed by atoms with van der Waals surface area (Å²) in [6.07, 6.45) is 0.946.